The molecule has 45 heavy (non-hydrogen) atoms. The predicted molar refractivity (Wildman–Crippen MR) is 172 cm³/mol. The average molecular weight is 602 g/mol. The van der Waals surface area contributed by atoms with Crippen molar-refractivity contribution in [3.63, 3.8) is 0 Å². The maximum absolute atomic E-state index is 13.7. The largest absolute Gasteiger partial charge is 0.494 e. The van der Waals surface area contributed by atoms with Gasteiger partial charge in [0.2, 0.25) is 0 Å². The van der Waals surface area contributed by atoms with Gasteiger partial charge in [-0.25, -0.2) is 14.6 Å². The summed E-state index contributed by atoms with van der Waals surface area (Å²) >= 11 is 0. The minimum Gasteiger partial charge on any atom is -0.494 e. The lowest BCUT2D eigenvalue weighted by Crippen LogP contribution is -2.41. The number of aryl methyl sites for hydroxylation is 2. The number of aromatic nitrogens is 7. The average Bonchev–Trinajstić information content (AvgIpc) is 3.26. The molecule has 4 aromatic heterocycles. The van der Waals surface area contributed by atoms with Gasteiger partial charge in [-0.15, -0.1) is 5.10 Å². The van der Waals surface area contributed by atoms with Crippen LogP contribution in [0.5, 0.6) is 5.75 Å². The highest BCUT2D eigenvalue weighted by atomic mass is 16.5. The molecule has 2 aromatic carbocycles. The molecule has 3 atom stereocenters. The number of nitrogens with two attached hydrogens (primary N) is 1. The van der Waals surface area contributed by atoms with Crippen LogP contribution in [0.25, 0.3) is 55.9 Å². The van der Waals surface area contributed by atoms with Gasteiger partial charge in [0.15, 0.2) is 5.82 Å². The van der Waals surface area contributed by atoms with E-state index in [4.69, 9.17) is 20.4 Å². The van der Waals surface area contributed by atoms with Gasteiger partial charge in [-0.1, -0.05) is 11.3 Å². The first-order valence-electron chi connectivity index (χ1n) is 15.8. The van der Waals surface area contributed by atoms with Crippen LogP contribution in [0.2, 0.25) is 0 Å². The van der Waals surface area contributed by atoms with Gasteiger partial charge < -0.3 is 24.5 Å². The van der Waals surface area contributed by atoms with E-state index in [9.17, 15) is 4.79 Å². The molecule has 9 rings (SSSR count). The number of imidazole rings is 1. The van der Waals surface area contributed by atoms with E-state index >= 15 is 0 Å². The first-order chi connectivity index (χ1) is 21.9. The molecule has 2 bridgehead atoms. The molecule has 0 radical (unpaired) electrons. The molecule has 5 heterocycles. The summed E-state index contributed by atoms with van der Waals surface area (Å²) in [4.78, 5) is 26.1. The SMILES string of the molecule is COc1cc(C(=O)N2CC3CCC2[C@@H]3N)cc2nc(-c3cc4ccc(-c5ccc6nnn(C)c6c5)nc4n3CC3CC3)n(C)c12. The molecule has 2 N–H and O–H groups in total. The Labute approximate surface area is 259 Å². The topological polar surface area (TPSA) is 122 Å². The molecule has 3 fully saturated rings. The Hall–Kier alpha value is -4.77. The number of benzene rings is 2. The Balaban J connectivity index is 1.16. The number of piperidine rings is 1. The third-order valence-electron chi connectivity index (χ3n) is 10.3. The molecule has 11 heteroatoms. The Morgan fingerprint density at radius 1 is 1.00 bits per heavy atom. The van der Waals surface area contributed by atoms with Gasteiger partial charge in [-0.05, 0) is 80.0 Å². The number of amides is 1. The number of pyridine rings is 1. The molecule has 3 aliphatic rings. The van der Waals surface area contributed by atoms with E-state index in [1.165, 1.54) is 12.8 Å². The minimum absolute atomic E-state index is 0.00437. The van der Waals surface area contributed by atoms with Gasteiger partial charge in [0.05, 0.1) is 29.5 Å². The van der Waals surface area contributed by atoms with Crippen molar-refractivity contribution in [2.24, 2.45) is 31.7 Å². The maximum Gasteiger partial charge on any atom is 0.254 e. The summed E-state index contributed by atoms with van der Waals surface area (Å²) in [6.07, 6.45) is 4.50. The van der Waals surface area contributed by atoms with Crippen LogP contribution in [0.1, 0.15) is 36.0 Å². The van der Waals surface area contributed by atoms with Gasteiger partial charge in [0.25, 0.3) is 5.91 Å². The van der Waals surface area contributed by atoms with Crippen LogP contribution in [-0.2, 0) is 20.6 Å². The van der Waals surface area contributed by atoms with E-state index < -0.39 is 0 Å². The quantitative estimate of drug-likeness (QED) is 0.298. The summed E-state index contributed by atoms with van der Waals surface area (Å²) in [6.45, 7) is 1.60. The maximum atomic E-state index is 13.7. The fourth-order valence-electron chi connectivity index (χ4n) is 7.67. The van der Waals surface area contributed by atoms with Crippen LogP contribution in [-0.4, -0.2) is 70.6 Å². The zero-order valence-electron chi connectivity index (χ0n) is 25.6. The van der Waals surface area contributed by atoms with Crippen LogP contribution < -0.4 is 10.5 Å². The van der Waals surface area contributed by atoms with Gasteiger partial charge in [0, 0.05) is 55.8 Å². The lowest BCUT2D eigenvalue weighted by atomic mass is 10.1. The number of fused-ring (bicyclic) bond motifs is 5. The standard InChI is InChI=1S/C34H35N9O2/c1-40-31-25(12-22(15-29(31)45-3)34(44)43-17-21-8-11-26(43)30(21)35)37-33(40)28-14-20-7-9-23(36-32(20)42(28)16-18-4-5-18)19-6-10-24-27(13-19)41(2)39-38-24/h6-7,9-10,12-15,18,21,26,30H,4-5,8,11,16-17,35H2,1-3H3/t21?,26?,30-/m1/s1. The number of methoxy groups -OCH3 is 1. The molecule has 6 aromatic rings. The van der Waals surface area contributed by atoms with E-state index in [1.54, 1.807) is 11.8 Å². The summed E-state index contributed by atoms with van der Waals surface area (Å²) in [6, 6.07) is 16.5. The van der Waals surface area contributed by atoms with Crippen molar-refractivity contribution in [1.82, 2.24) is 39.0 Å². The normalized spacial score (nSPS) is 21.2. The zero-order chi connectivity index (χ0) is 30.6. The van der Waals surface area contributed by atoms with E-state index in [-0.39, 0.29) is 18.0 Å². The highest BCUT2D eigenvalue weighted by Crippen LogP contribution is 2.40. The van der Waals surface area contributed by atoms with Gasteiger partial charge in [-0.2, -0.15) is 0 Å². The van der Waals surface area contributed by atoms with Crippen LogP contribution in [0.4, 0.5) is 0 Å². The van der Waals surface area contributed by atoms with Crippen molar-refractivity contribution in [2.75, 3.05) is 13.7 Å². The first-order valence-corrected chi connectivity index (χ1v) is 15.8. The van der Waals surface area contributed by atoms with E-state index in [2.05, 4.69) is 49.8 Å². The molecule has 11 nitrogen and oxygen atoms in total. The van der Waals surface area contributed by atoms with Crippen molar-refractivity contribution in [3.8, 4) is 28.5 Å². The Morgan fingerprint density at radius 3 is 2.62 bits per heavy atom. The lowest BCUT2D eigenvalue weighted by Gasteiger charge is -2.27. The second kappa shape index (κ2) is 9.61. The van der Waals surface area contributed by atoms with Gasteiger partial charge in [0.1, 0.15) is 22.4 Å². The summed E-state index contributed by atoms with van der Waals surface area (Å²) in [5.41, 5.74) is 14.3. The Bertz CT molecular complexity index is 2170. The third-order valence-corrected chi connectivity index (χ3v) is 10.3. The second-order valence-corrected chi connectivity index (χ2v) is 13.1. The number of likely N-dealkylation sites (tertiary alicyclic amines) is 1. The summed E-state index contributed by atoms with van der Waals surface area (Å²) in [7, 11) is 5.57. The molecular formula is C34H35N9O2. The van der Waals surface area contributed by atoms with E-state index in [0.717, 1.165) is 81.8 Å². The highest BCUT2D eigenvalue weighted by Gasteiger charge is 2.47. The van der Waals surface area contributed by atoms with Gasteiger partial charge >= 0.3 is 0 Å². The monoisotopic (exact) mass is 601 g/mol. The second-order valence-electron chi connectivity index (χ2n) is 13.1. The van der Waals surface area contributed by atoms with E-state index in [0.29, 0.717) is 23.1 Å². The molecule has 2 aliphatic carbocycles. The summed E-state index contributed by atoms with van der Waals surface area (Å²) in [5, 5.41) is 9.44. The Morgan fingerprint density at radius 2 is 1.87 bits per heavy atom. The van der Waals surface area contributed by atoms with Crippen molar-refractivity contribution in [3.05, 3.63) is 54.1 Å². The molecule has 1 amide bonds. The number of carbonyl (C=O) groups excluding carboxylic acids is 1. The predicted octanol–water partition coefficient (Wildman–Crippen LogP) is 4.52. The highest BCUT2D eigenvalue weighted by molar-refractivity contribution is 6.00. The molecule has 228 valence electrons. The molecule has 1 saturated heterocycles. The van der Waals surface area contributed by atoms with Crippen LogP contribution in [0.3, 0.4) is 0 Å². The fourth-order valence-corrected chi connectivity index (χ4v) is 7.67. The number of rotatable bonds is 6. The molecule has 1 aliphatic heterocycles. The Kier molecular flexibility index (Phi) is 5.69. The zero-order valence-corrected chi connectivity index (χ0v) is 25.6. The molecule has 0 spiro atoms. The smallest absolute Gasteiger partial charge is 0.254 e. The molecule has 2 saturated carbocycles. The van der Waals surface area contributed by atoms with Crippen LogP contribution in [0.15, 0.2) is 48.5 Å². The molecule has 2 unspecified atom stereocenters. The van der Waals surface area contributed by atoms with Crippen molar-refractivity contribution >= 4 is 39.0 Å². The van der Waals surface area contributed by atoms with Crippen molar-refractivity contribution in [2.45, 2.75) is 44.3 Å². The molecular weight excluding hydrogens is 566 g/mol. The first kappa shape index (κ1) is 26.6. The van der Waals surface area contributed by atoms with Crippen molar-refractivity contribution in [1.29, 1.82) is 0 Å². The number of hydrogen-bond acceptors (Lipinski definition) is 7. The number of carbonyl (C=O) groups is 1. The van der Waals surface area contributed by atoms with E-state index in [1.807, 2.05) is 37.2 Å². The van der Waals surface area contributed by atoms with Gasteiger partial charge in [-0.3, -0.25) is 4.79 Å². The number of ether oxygens (including phenoxy) is 1. The summed E-state index contributed by atoms with van der Waals surface area (Å²) < 4.78 is 12.1. The number of hydrogen-bond donors (Lipinski definition) is 1. The van der Waals surface area contributed by atoms with Crippen LogP contribution in [0, 0.1) is 11.8 Å². The fraction of sp³-hybridized carbons (Fsp3) is 0.382. The van der Waals surface area contributed by atoms with Crippen LogP contribution >= 0.6 is 0 Å². The summed E-state index contributed by atoms with van der Waals surface area (Å²) in [5.74, 6) is 2.47. The number of nitrogens with zero attached hydrogens (tertiary/aromatic N) is 8. The third kappa shape index (κ3) is 4.03. The van der Waals surface area contributed by atoms with Crippen molar-refractivity contribution < 1.29 is 9.53 Å². The lowest BCUT2D eigenvalue weighted by molar-refractivity contribution is 0.0700. The minimum atomic E-state index is 0.00437.